The second kappa shape index (κ2) is 4.30. The Morgan fingerprint density at radius 2 is 2.11 bits per heavy atom. The van der Waals surface area contributed by atoms with Crippen molar-refractivity contribution < 1.29 is 0 Å². The van der Waals surface area contributed by atoms with Gasteiger partial charge >= 0.3 is 0 Å². The minimum atomic E-state index is 0.685. The number of nitrogens with zero attached hydrogens (tertiary/aromatic N) is 3. The van der Waals surface area contributed by atoms with Crippen LogP contribution >= 0.6 is 0 Å². The zero-order valence-corrected chi connectivity index (χ0v) is 10.5. The SMILES string of the molecule is Cc1nn(-c2cccc(C#N)c2)c2c1CCCC2. The van der Waals surface area contributed by atoms with Crippen LogP contribution in [0.2, 0.25) is 0 Å². The van der Waals surface area contributed by atoms with Crippen molar-refractivity contribution in [3.63, 3.8) is 0 Å². The van der Waals surface area contributed by atoms with E-state index in [-0.39, 0.29) is 0 Å². The lowest BCUT2D eigenvalue weighted by atomic mass is 9.96. The fourth-order valence-corrected chi connectivity index (χ4v) is 2.70. The number of benzene rings is 1. The van der Waals surface area contributed by atoms with Crippen LogP contribution in [0.3, 0.4) is 0 Å². The third-order valence-electron chi connectivity index (χ3n) is 3.60. The molecule has 0 aliphatic heterocycles. The molecule has 1 aromatic carbocycles. The fraction of sp³-hybridized carbons (Fsp3) is 0.333. The van der Waals surface area contributed by atoms with Gasteiger partial charge < -0.3 is 0 Å². The Kier molecular flexibility index (Phi) is 2.64. The normalized spacial score (nSPS) is 14.0. The Morgan fingerprint density at radius 1 is 1.28 bits per heavy atom. The Hall–Kier alpha value is -2.08. The minimum absolute atomic E-state index is 0.685. The van der Waals surface area contributed by atoms with Gasteiger partial charge in [-0.25, -0.2) is 4.68 Å². The molecule has 18 heavy (non-hydrogen) atoms. The van der Waals surface area contributed by atoms with Gasteiger partial charge in [0.15, 0.2) is 0 Å². The van der Waals surface area contributed by atoms with Crippen LogP contribution < -0.4 is 0 Å². The third-order valence-corrected chi connectivity index (χ3v) is 3.60. The van der Waals surface area contributed by atoms with Crippen LogP contribution in [0, 0.1) is 18.3 Å². The van der Waals surface area contributed by atoms with E-state index in [1.54, 1.807) is 0 Å². The molecule has 1 aliphatic carbocycles. The molecule has 0 radical (unpaired) electrons. The van der Waals surface area contributed by atoms with E-state index in [0.29, 0.717) is 5.56 Å². The van der Waals surface area contributed by atoms with Gasteiger partial charge in [0.25, 0.3) is 0 Å². The molecular formula is C15H15N3. The van der Waals surface area contributed by atoms with Crippen molar-refractivity contribution in [3.05, 3.63) is 46.8 Å². The predicted molar refractivity (Wildman–Crippen MR) is 69.7 cm³/mol. The van der Waals surface area contributed by atoms with Crippen molar-refractivity contribution >= 4 is 0 Å². The van der Waals surface area contributed by atoms with Gasteiger partial charge in [-0.15, -0.1) is 0 Å². The van der Waals surface area contributed by atoms with Crippen LogP contribution in [-0.2, 0) is 12.8 Å². The lowest BCUT2D eigenvalue weighted by Crippen LogP contribution is -2.07. The molecule has 3 nitrogen and oxygen atoms in total. The van der Waals surface area contributed by atoms with Crippen LogP contribution in [0.1, 0.15) is 35.4 Å². The van der Waals surface area contributed by atoms with Gasteiger partial charge in [0, 0.05) is 5.69 Å². The molecule has 0 bridgehead atoms. The summed E-state index contributed by atoms with van der Waals surface area (Å²) in [4.78, 5) is 0. The van der Waals surface area contributed by atoms with Gasteiger partial charge in [-0.1, -0.05) is 6.07 Å². The zero-order chi connectivity index (χ0) is 12.5. The van der Waals surface area contributed by atoms with E-state index >= 15 is 0 Å². The summed E-state index contributed by atoms with van der Waals surface area (Å²) in [6, 6.07) is 9.85. The number of hydrogen-bond acceptors (Lipinski definition) is 2. The Bertz CT molecular complexity index is 632. The Labute approximate surface area is 107 Å². The number of rotatable bonds is 1. The lowest BCUT2D eigenvalue weighted by molar-refractivity contribution is 0.653. The minimum Gasteiger partial charge on any atom is -0.237 e. The summed E-state index contributed by atoms with van der Waals surface area (Å²) < 4.78 is 2.02. The molecule has 1 heterocycles. The molecule has 0 saturated heterocycles. The van der Waals surface area contributed by atoms with E-state index in [4.69, 9.17) is 5.26 Å². The number of fused-ring (bicyclic) bond motifs is 1. The molecule has 0 spiro atoms. The first-order chi connectivity index (χ1) is 8.79. The fourth-order valence-electron chi connectivity index (χ4n) is 2.70. The molecule has 0 saturated carbocycles. The van der Waals surface area contributed by atoms with Gasteiger partial charge in [-0.2, -0.15) is 10.4 Å². The topological polar surface area (TPSA) is 41.6 Å². The van der Waals surface area contributed by atoms with Gasteiger partial charge in [0.2, 0.25) is 0 Å². The van der Waals surface area contributed by atoms with Crippen LogP contribution in [0.5, 0.6) is 0 Å². The van der Waals surface area contributed by atoms with Crippen LogP contribution in [0.4, 0.5) is 0 Å². The number of nitriles is 1. The molecule has 2 aromatic rings. The highest BCUT2D eigenvalue weighted by atomic mass is 15.3. The molecule has 90 valence electrons. The van der Waals surface area contributed by atoms with E-state index in [0.717, 1.165) is 24.2 Å². The summed E-state index contributed by atoms with van der Waals surface area (Å²) in [6.45, 7) is 2.08. The van der Waals surface area contributed by atoms with Crippen LogP contribution in [0.15, 0.2) is 24.3 Å². The third kappa shape index (κ3) is 1.70. The maximum Gasteiger partial charge on any atom is 0.0992 e. The molecular weight excluding hydrogens is 222 g/mol. The molecule has 0 atom stereocenters. The number of hydrogen-bond donors (Lipinski definition) is 0. The van der Waals surface area contributed by atoms with Gasteiger partial charge in [-0.05, 0) is 56.4 Å². The second-order valence-corrected chi connectivity index (χ2v) is 4.79. The highest BCUT2D eigenvalue weighted by molar-refractivity contribution is 5.44. The summed E-state index contributed by atoms with van der Waals surface area (Å²) in [5.74, 6) is 0. The highest BCUT2D eigenvalue weighted by Gasteiger charge is 2.19. The summed E-state index contributed by atoms with van der Waals surface area (Å²) in [7, 11) is 0. The lowest BCUT2D eigenvalue weighted by Gasteiger charge is -2.14. The van der Waals surface area contributed by atoms with Crippen molar-refractivity contribution in [3.8, 4) is 11.8 Å². The van der Waals surface area contributed by atoms with Crippen molar-refractivity contribution in [2.24, 2.45) is 0 Å². The zero-order valence-electron chi connectivity index (χ0n) is 10.5. The summed E-state index contributed by atoms with van der Waals surface area (Å²) in [5.41, 5.74) is 5.55. The summed E-state index contributed by atoms with van der Waals surface area (Å²) in [6.07, 6.45) is 4.72. The van der Waals surface area contributed by atoms with Crippen molar-refractivity contribution in [2.75, 3.05) is 0 Å². The molecule has 1 aromatic heterocycles. The van der Waals surface area contributed by atoms with Gasteiger partial charge in [0.05, 0.1) is 23.0 Å². The highest BCUT2D eigenvalue weighted by Crippen LogP contribution is 2.26. The van der Waals surface area contributed by atoms with E-state index in [9.17, 15) is 0 Å². The van der Waals surface area contributed by atoms with Crippen molar-refractivity contribution in [1.29, 1.82) is 5.26 Å². The van der Waals surface area contributed by atoms with E-state index in [1.807, 2.05) is 28.9 Å². The average molecular weight is 237 g/mol. The predicted octanol–water partition coefficient (Wildman–Crippen LogP) is 2.93. The summed E-state index contributed by atoms with van der Waals surface area (Å²) >= 11 is 0. The Balaban J connectivity index is 2.14. The smallest absolute Gasteiger partial charge is 0.0992 e. The molecule has 1 aliphatic rings. The standard InChI is InChI=1S/C15H15N3/c1-11-14-7-2-3-8-15(14)18(17-11)13-6-4-5-12(9-13)10-16/h4-6,9H,2-3,7-8H2,1H3. The maximum absolute atomic E-state index is 8.97. The van der Waals surface area contributed by atoms with Crippen LogP contribution in [-0.4, -0.2) is 9.78 Å². The monoisotopic (exact) mass is 237 g/mol. The molecule has 0 unspecified atom stereocenters. The van der Waals surface area contributed by atoms with E-state index < -0.39 is 0 Å². The van der Waals surface area contributed by atoms with E-state index in [1.165, 1.54) is 24.1 Å². The molecule has 0 fully saturated rings. The molecule has 0 amide bonds. The largest absolute Gasteiger partial charge is 0.237 e. The van der Waals surface area contributed by atoms with Crippen LogP contribution in [0.25, 0.3) is 5.69 Å². The second-order valence-electron chi connectivity index (χ2n) is 4.79. The quantitative estimate of drug-likeness (QED) is 0.765. The van der Waals surface area contributed by atoms with Crippen molar-refractivity contribution in [2.45, 2.75) is 32.6 Å². The van der Waals surface area contributed by atoms with Gasteiger partial charge in [0.1, 0.15) is 0 Å². The number of aromatic nitrogens is 2. The maximum atomic E-state index is 8.97. The van der Waals surface area contributed by atoms with Crippen molar-refractivity contribution in [1.82, 2.24) is 9.78 Å². The first-order valence-corrected chi connectivity index (χ1v) is 6.37. The number of aryl methyl sites for hydroxylation is 1. The summed E-state index contributed by atoms with van der Waals surface area (Å²) in [5, 5.41) is 13.6. The van der Waals surface area contributed by atoms with Gasteiger partial charge in [-0.3, -0.25) is 0 Å². The molecule has 3 rings (SSSR count). The first-order valence-electron chi connectivity index (χ1n) is 6.37. The molecule has 3 heteroatoms. The molecule has 0 N–H and O–H groups in total. The average Bonchev–Trinajstić information content (AvgIpc) is 2.77. The van der Waals surface area contributed by atoms with E-state index in [2.05, 4.69) is 18.1 Å². The first kappa shape index (κ1) is 11.0. The Morgan fingerprint density at radius 3 is 2.94 bits per heavy atom.